The van der Waals surface area contributed by atoms with Gasteiger partial charge in [0.2, 0.25) is 0 Å². The summed E-state index contributed by atoms with van der Waals surface area (Å²) < 4.78 is 5.68. The molecule has 4 nitrogen and oxygen atoms in total. The number of furan rings is 1. The Morgan fingerprint density at radius 3 is 2.65 bits per heavy atom. The maximum Gasteiger partial charge on any atom is 0.289 e. The summed E-state index contributed by atoms with van der Waals surface area (Å²) in [5, 5.41) is 10.2. The first-order valence-corrected chi connectivity index (χ1v) is 7.61. The summed E-state index contributed by atoms with van der Waals surface area (Å²) in [5.74, 6) is 0.0896. The molecule has 1 heterocycles. The monoisotopic (exact) mass is 309 g/mol. The number of aliphatic hydroxyl groups is 1. The number of benzene rings is 2. The highest BCUT2D eigenvalue weighted by Gasteiger charge is 2.20. The predicted molar refractivity (Wildman–Crippen MR) is 89.2 cm³/mol. The van der Waals surface area contributed by atoms with E-state index in [1.165, 1.54) is 0 Å². The van der Waals surface area contributed by atoms with Gasteiger partial charge in [0.1, 0.15) is 5.58 Å². The molecule has 1 amide bonds. The van der Waals surface area contributed by atoms with Crippen LogP contribution < -0.4 is 0 Å². The van der Waals surface area contributed by atoms with Gasteiger partial charge in [0, 0.05) is 18.5 Å². The summed E-state index contributed by atoms with van der Waals surface area (Å²) in [5.41, 5.74) is 2.83. The van der Waals surface area contributed by atoms with Crippen molar-refractivity contribution in [3.63, 3.8) is 0 Å². The van der Waals surface area contributed by atoms with Gasteiger partial charge in [-0.1, -0.05) is 42.0 Å². The van der Waals surface area contributed by atoms with Crippen molar-refractivity contribution in [1.29, 1.82) is 0 Å². The number of fused-ring (bicyclic) bond motifs is 1. The van der Waals surface area contributed by atoms with Crippen LogP contribution in [0, 0.1) is 6.92 Å². The third-order valence-corrected chi connectivity index (χ3v) is 3.76. The number of amides is 1. The molecule has 0 radical (unpaired) electrons. The molecule has 0 spiro atoms. The first-order chi connectivity index (χ1) is 11.2. The normalized spacial score (nSPS) is 10.9. The summed E-state index contributed by atoms with van der Waals surface area (Å²) in [7, 11) is 0. The zero-order valence-corrected chi connectivity index (χ0v) is 13.0. The fraction of sp³-hybridized carbons (Fsp3) is 0.211. The minimum absolute atomic E-state index is 0.0854. The van der Waals surface area contributed by atoms with Crippen molar-refractivity contribution < 1.29 is 14.3 Å². The highest BCUT2D eigenvalue weighted by Crippen LogP contribution is 2.22. The minimum atomic E-state index is -0.211. The van der Waals surface area contributed by atoms with E-state index in [0.717, 1.165) is 16.5 Å². The second-order valence-corrected chi connectivity index (χ2v) is 5.59. The molecule has 3 aromatic rings. The molecular formula is C19H19NO3. The van der Waals surface area contributed by atoms with Crippen LogP contribution in [0.2, 0.25) is 0 Å². The molecule has 0 atom stereocenters. The topological polar surface area (TPSA) is 53.7 Å². The fourth-order valence-corrected chi connectivity index (χ4v) is 2.60. The van der Waals surface area contributed by atoms with E-state index in [-0.39, 0.29) is 19.1 Å². The minimum Gasteiger partial charge on any atom is -0.451 e. The number of nitrogens with zero attached hydrogens (tertiary/aromatic N) is 1. The van der Waals surface area contributed by atoms with E-state index in [1.807, 2.05) is 55.5 Å². The van der Waals surface area contributed by atoms with Crippen molar-refractivity contribution in [3.05, 3.63) is 71.5 Å². The zero-order valence-electron chi connectivity index (χ0n) is 13.0. The average molecular weight is 309 g/mol. The van der Waals surface area contributed by atoms with Crippen LogP contribution in [0.5, 0.6) is 0 Å². The predicted octanol–water partition coefficient (Wildman–Crippen LogP) is 3.38. The van der Waals surface area contributed by atoms with E-state index in [4.69, 9.17) is 4.42 Å². The van der Waals surface area contributed by atoms with Crippen LogP contribution in [0.1, 0.15) is 21.7 Å². The molecule has 2 aromatic carbocycles. The first kappa shape index (κ1) is 15.3. The molecule has 0 saturated carbocycles. The molecule has 4 heteroatoms. The third-order valence-electron chi connectivity index (χ3n) is 3.76. The highest BCUT2D eigenvalue weighted by atomic mass is 16.3. The Bertz CT molecular complexity index is 808. The van der Waals surface area contributed by atoms with Crippen LogP contribution in [-0.4, -0.2) is 29.1 Å². The van der Waals surface area contributed by atoms with Gasteiger partial charge in [-0.15, -0.1) is 0 Å². The molecule has 1 aromatic heterocycles. The molecule has 0 bridgehead atoms. The first-order valence-electron chi connectivity index (χ1n) is 7.61. The Kier molecular flexibility index (Phi) is 4.44. The zero-order chi connectivity index (χ0) is 16.2. The molecule has 0 saturated heterocycles. The second kappa shape index (κ2) is 6.67. The number of carbonyl (C=O) groups is 1. The summed E-state index contributed by atoms with van der Waals surface area (Å²) in [4.78, 5) is 14.3. The second-order valence-electron chi connectivity index (χ2n) is 5.59. The lowest BCUT2D eigenvalue weighted by Gasteiger charge is -2.20. The SMILES string of the molecule is Cc1ccc2oc(C(=O)N(CCO)Cc3ccccc3)cc2c1. The van der Waals surface area contributed by atoms with Gasteiger partial charge in [-0.3, -0.25) is 4.79 Å². The average Bonchev–Trinajstić information content (AvgIpc) is 2.98. The standard InChI is InChI=1S/C19H19NO3/c1-14-7-8-17-16(11-14)12-18(23-17)19(22)20(9-10-21)13-15-5-3-2-4-6-15/h2-8,11-12,21H,9-10,13H2,1H3. The van der Waals surface area contributed by atoms with Gasteiger partial charge in [0.15, 0.2) is 5.76 Å². The summed E-state index contributed by atoms with van der Waals surface area (Å²) in [6.07, 6.45) is 0. The van der Waals surface area contributed by atoms with E-state index < -0.39 is 0 Å². The Morgan fingerprint density at radius 2 is 1.91 bits per heavy atom. The van der Waals surface area contributed by atoms with E-state index in [9.17, 15) is 9.90 Å². The Balaban J connectivity index is 1.87. The van der Waals surface area contributed by atoms with Crippen LogP contribution in [0.15, 0.2) is 59.0 Å². The van der Waals surface area contributed by atoms with Crippen molar-refractivity contribution in [2.75, 3.05) is 13.2 Å². The van der Waals surface area contributed by atoms with Crippen molar-refractivity contribution in [2.45, 2.75) is 13.5 Å². The van der Waals surface area contributed by atoms with E-state index in [0.29, 0.717) is 17.9 Å². The quantitative estimate of drug-likeness (QED) is 0.786. The number of hydrogen-bond donors (Lipinski definition) is 1. The van der Waals surface area contributed by atoms with E-state index in [1.54, 1.807) is 11.0 Å². The molecular weight excluding hydrogens is 290 g/mol. The molecule has 0 fully saturated rings. The van der Waals surface area contributed by atoms with Crippen molar-refractivity contribution in [3.8, 4) is 0 Å². The summed E-state index contributed by atoms with van der Waals surface area (Å²) in [6.45, 7) is 2.62. The van der Waals surface area contributed by atoms with Gasteiger partial charge in [0.25, 0.3) is 5.91 Å². The number of carbonyl (C=O) groups excluding carboxylic acids is 1. The van der Waals surface area contributed by atoms with Gasteiger partial charge in [-0.05, 0) is 30.7 Å². The van der Waals surface area contributed by atoms with Crippen molar-refractivity contribution in [2.24, 2.45) is 0 Å². The Labute approximate surface area is 135 Å². The lowest BCUT2D eigenvalue weighted by atomic mass is 10.2. The van der Waals surface area contributed by atoms with E-state index in [2.05, 4.69) is 0 Å². The van der Waals surface area contributed by atoms with Gasteiger partial charge in [-0.2, -0.15) is 0 Å². The molecule has 3 rings (SSSR count). The number of aryl methyl sites for hydroxylation is 1. The molecule has 0 aliphatic rings. The van der Waals surface area contributed by atoms with Crippen LogP contribution in [0.3, 0.4) is 0 Å². The van der Waals surface area contributed by atoms with Crippen LogP contribution in [0.25, 0.3) is 11.0 Å². The summed E-state index contributed by atoms with van der Waals surface area (Å²) in [6, 6.07) is 17.3. The molecule has 1 N–H and O–H groups in total. The van der Waals surface area contributed by atoms with E-state index >= 15 is 0 Å². The maximum absolute atomic E-state index is 12.7. The maximum atomic E-state index is 12.7. The van der Waals surface area contributed by atoms with Gasteiger partial charge in [0.05, 0.1) is 6.61 Å². The van der Waals surface area contributed by atoms with Gasteiger partial charge in [-0.25, -0.2) is 0 Å². The smallest absolute Gasteiger partial charge is 0.289 e. The van der Waals surface area contributed by atoms with Crippen LogP contribution in [-0.2, 0) is 6.54 Å². The van der Waals surface area contributed by atoms with Crippen molar-refractivity contribution in [1.82, 2.24) is 4.90 Å². The molecule has 0 aliphatic carbocycles. The lowest BCUT2D eigenvalue weighted by Crippen LogP contribution is -2.32. The number of rotatable bonds is 5. The van der Waals surface area contributed by atoms with Crippen molar-refractivity contribution >= 4 is 16.9 Å². The van der Waals surface area contributed by atoms with Gasteiger partial charge >= 0.3 is 0 Å². The largest absolute Gasteiger partial charge is 0.451 e. The number of aliphatic hydroxyl groups excluding tert-OH is 1. The van der Waals surface area contributed by atoms with Crippen LogP contribution >= 0.6 is 0 Å². The molecule has 118 valence electrons. The highest BCUT2D eigenvalue weighted by molar-refractivity contribution is 5.96. The van der Waals surface area contributed by atoms with Crippen LogP contribution in [0.4, 0.5) is 0 Å². The fourth-order valence-electron chi connectivity index (χ4n) is 2.60. The Morgan fingerprint density at radius 1 is 1.13 bits per heavy atom. The molecule has 23 heavy (non-hydrogen) atoms. The number of hydrogen-bond acceptors (Lipinski definition) is 3. The Hall–Kier alpha value is -2.59. The van der Waals surface area contributed by atoms with Gasteiger partial charge < -0.3 is 14.4 Å². The third kappa shape index (κ3) is 3.43. The molecule has 0 aliphatic heterocycles. The molecule has 0 unspecified atom stereocenters. The summed E-state index contributed by atoms with van der Waals surface area (Å²) >= 11 is 0. The lowest BCUT2D eigenvalue weighted by molar-refractivity contribution is 0.0678.